The van der Waals surface area contributed by atoms with Gasteiger partial charge in [-0.2, -0.15) is 41.9 Å². The molecule has 0 radical (unpaired) electrons. The van der Waals surface area contributed by atoms with E-state index in [9.17, 15) is 26.3 Å². The lowest BCUT2D eigenvalue weighted by molar-refractivity contribution is -0.153. The van der Waals surface area contributed by atoms with Gasteiger partial charge in [-0.1, -0.05) is 0 Å². The van der Waals surface area contributed by atoms with E-state index in [1.54, 1.807) is 6.07 Å². The summed E-state index contributed by atoms with van der Waals surface area (Å²) in [4.78, 5) is 0. The Morgan fingerprint density at radius 3 is 2.39 bits per heavy atom. The van der Waals surface area contributed by atoms with Gasteiger partial charge in [-0.25, -0.2) is 0 Å². The first-order valence-corrected chi connectivity index (χ1v) is 7.40. The van der Waals surface area contributed by atoms with E-state index in [0.717, 1.165) is 18.2 Å². The van der Waals surface area contributed by atoms with Crippen LogP contribution in [0, 0.1) is 11.3 Å². The number of hydrogen-bond acceptors (Lipinski definition) is 5. The molecule has 0 unspecified atom stereocenters. The fraction of sp³-hybridized carbons (Fsp3) is 0.188. The summed E-state index contributed by atoms with van der Waals surface area (Å²) in [5, 5.41) is 18.2. The van der Waals surface area contributed by atoms with Crippen LogP contribution >= 0.6 is 0 Å². The second kappa shape index (κ2) is 6.91. The van der Waals surface area contributed by atoms with Crippen molar-refractivity contribution >= 4 is 0 Å². The van der Waals surface area contributed by atoms with Gasteiger partial charge in [0, 0.05) is 5.56 Å². The zero-order valence-electron chi connectivity index (χ0n) is 13.5. The van der Waals surface area contributed by atoms with Crippen molar-refractivity contribution in [3.05, 3.63) is 53.1 Å². The van der Waals surface area contributed by atoms with Crippen molar-refractivity contribution in [3.63, 3.8) is 0 Å². The van der Waals surface area contributed by atoms with Crippen molar-refractivity contribution in [2.24, 2.45) is 0 Å². The number of hydrogen-bond donors (Lipinski definition) is 1. The fourth-order valence-corrected chi connectivity index (χ4v) is 2.26. The molecule has 0 saturated heterocycles. The van der Waals surface area contributed by atoms with Crippen LogP contribution in [0.1, 0.15) is 22.8 Å². The van der Waals surface area contributed by atoms with E-state index in [1.807, 2.05) is 0 Å². The van der Waals surface area contributed by atoms with Crippen LogP contribution in [0.25, 0.3) is 11.3 Å². The van der Waals surface area contributed by atoms with Gasteiger partial charge in [0.1, 0.15) is 29.9 Å². The van der Waals surface area contributed by atoms with E-state index < -0.39 is 30.3 Å². The summed E-state index contributed by atoms with van der Waals surface area (Å²) in [5.41, 5.74) is -1.56. The Labute approximate surface area is 152 Å². The highest BCUT2D eigenvalue weighted by atomic mass is 19.4. The van der Waals surface area contributed by atoms with E-state index in [4.69, 9.17) is 10.00 Å². The molecule has 28 heavy (non-hydrogen) atoms. The molecular formula is C16H8F6N4O2. The molecule has 3 rings (SSSR count). The number of nitriles is 1. The number of benzene rings is 1. The summed E-state index contributed by atoms with van der Waals surface area (Å²) >= 11 is 0. The summed E-state index contributed by atoms with van der Waals surface area (Å²) in [7, 11) is 0. The number of ether oxygens (including phenoxy) is 1. The maximum atomic E-state index is 13.2. The molecule has 2 heterocycles. The van der Waals surface area contributed by atoms with Crippen LogP contribution in [0.15, 0.2) is 34.7 Å². The lowest BCUT2D eigenvalue weighted by Crippen LogP contribution is -2.06. The second-order valence-electron chi connectivity index (χ2n) is 5.43. The van der Waals surface area contributed by atoms with Gasteiger partial charge in [-0.05, 0) is 30.3 Å². The minimum Gasteiger partial charge on any atom is -0.486 e. The molecule has 12 heteroatoms. The number of nitrogens with zero attached hydrogens (tertiary/aromatic N) is 3. The molecule has 0 aliphatic heterocycles. The van der Waals surface area contributed by atoms with Crippen molar-refractivity contribution in [3.8, 4) is 23.1 Å². The number of nitrogens with one attached hydrogen (secondary N) is 1. The van der Waals surface area contributed by atoms with Crippen molar-refractivity contribution in [1.82, 2.24) is 15.4 Å². The molecular weight excluding hydrogens is 394 g/mol. The average Bonchev–Trinajstić information content (AvgIpc) is 3.27. The molecule has 0 atom stereocenters. The van der Waals surface area contributed by atoms with Crippen molar-refractivity contribution < 1.29 is 35.5 Å². The predicted octanol–water partition coefficient (Wildman–Crippen LogP) is 4.55. The first-order valence-electron chi connectivity index (χ1n) is 7.40. The first kappa shape index (κ1) is 19.3. The summed E-state index contributed by atoms with van der Waals surface area (Å²) in [6.45, 7) is -0.541. The Bertz CT molecular complexity index is 1030. The van der Waals surface area contributed by atoms with Crippen LogP contribution in [0.3, 0.4) is 0 Å². The van der Waals surface area contributed by atoms with Gasteiger partial charge in [-0.3, -0.25) is 0 Å². The maximum absolute atomic E-state index is 13.2. The molecule has 0 aliphatic carbocycles. The third-order valence-corrected chi connectivity index (χ3v) is 3.48. The van der Waals surface area contributed by atoms with E-state index in [1.165, 1.54) is 0 Å². The highest BCUT2D eigenvalue weighted by Crippen LogP contribution is 2.36. The van der Waals surface area contributed by atoms with Crippen molar-refractivity contribution in [2.75, 3.05) is 0 Å². The summed E-state index contributed by atoms with van der Waals surface area (Å²) in [5.74, 6) is -1.79. The fourth-order valence-electron chi connectivity index (χ4n) is 2.26. The highest BCUT2D eigenvalue weighted by molar-refractivity contribution is 5.67. The molecule has 0 fully saturated rings. The topological polar surface area (TPSA) is 87.7 Å². The van der Waals surface area contributed by atoms with E-state index in [-0.39, 0.29) is 28.5 Å². The lowest BCUT2D eigenvalue weighted by atomic mass is 10.1. The first-order chi connectivity index (χ1) is 13.1. The van der Waals surface area contributed by atoms with Crippen molar-refractivity contribution in [2.45, 2.75) is 19.0 Å². The number of halogens is 6. The van der Waals surface area contributed by atoms with Crippen LogP contribution < -0.4 is 4.74 Å². The van der Waals surface area contributed by atoms with E-state index in [2.05, 4.69) is 19.8 Å². The van der Waals surface area contributed by atoms with Crippen LogP contribution in [-0.2, 0) is 19.0 Å². The molecule has 1 aromatic carbocycles. The number of alkyl halides is 6. The lowest BCUT2D eigenvalue weighted by Gasteiger charge is -2.12. The quantitative estimate of drug-likeness (QED) is 0.647. The smallest absolute Gasteiger partial charge is 0.449 e. The Balaban J connectivity index is 1.91. The van der Waals surface area contributed by atoms with Crippen LogP contribution in [-0.4, -0.2) is 15.4 Å². The molecule has 146 valence electrons. The van der Waals surface area contributed by atoms with E-state index in [0.29, 0.717) is 12.1 Å². The number of H-pyrrole nitrogens is 1. The van der Waals surface area contributed by atoms with Gasteiger partial charge in [0.2, 0.25) is 5.76 Å². The standard InChI is InChI=1S/C16H8F6N4O2/c17-15(18,19)9-3-8(14-12(6-23)24-26-25-14)4-11(5-9)27-7-10-1-2-13(28-10)16(20,21)22/h1-5H,7H2,(H,24,25,26). The average molecular weight is 402 g/mol. The van der Waals surface area contributed by atoms with Crippen LogP contribution in [0.5, 0.6) is 5.75 Å². The molecule has 6 nitrogen and oxygen atoms in total. The third-order valence-electron chi connectivity index (χ3n) is 3.48. The number of aromatic amines is 1. The molecule has 0 amide bonds. The molecule has 0 aliphatic rings. The summed E-state index contributed by atoms with van der Waals surface area (Å²) in [6.07, 6.45) is -9.43. The normalized spacial score (nSPS) is 12.0. The Morgan fingerprint density at radius 2 is 1.79 bits per heavy atom. The predicted molar refractivity (Wildman–Crippen MR) is 79.6 cm³/mol. The molecule has 3 aromatic rings. The van der Waals surface area contributed by atoms with Crippen LogP contribution in [0.2, 0.25) is 0 Å². The monoisotopic (exact) mass is 402 g/mol. The van der Waals surface area contributed by atoms with Crippen molar-refractivity contribution in [1.29, 1.82) is 5.26 Å². The maximum Gasteiger partial charge on any atom is 0.449 e. The minimum absolute atomic E-state index is 0.106. The molecule has 0 saturated carbocycles. The molecule has 0 bridgehead atoms. The van der Waals surface area contributed by atoms with Gasteiger partial charge in [-0.15, -0.1) is 5.10 Å². The van der Waals surface area contributed by atoms with Gasteiger partial charge >= 0.3 is 12.4 Å². The summed E-state index contributed by atoms with van der Waals surface area (Å²) in [6, 6.07) is 5.94. The van der Waals surface area contributed by atoms with Gasteiger partial charge in [0.15, 0.2) is 5.69 Å². The highest BCUT2D eigenvalue weighted by Gasteiger charge is 2.35. The number of furan rings is 1. The Morgan fingerprint density at radius 1 is 1.04 bits per heavy atom. The minimum atomic E-state index is -4.74. The van der Waals surface area contributed by atoms with Gasteiger partial charge < -0.3 is 9.15 Å². The molecule has 0 spiro atoms. The number of aromatic nitrogens is 3. The Hall–Kier alpha value is -3.49. The Kier molecular flexibility index (Phi) is 4.76. The second-order valence-corrected chi connectivity index (χ2v) is 5.43. The summed E-state index contributed by atoms with van der Waals surface area (Å²) < 4.78 is 86.8. The van der Waals surface area contributed by atoms with Crippen LogP contribution in [0.4, 0.5) is 26.3 Å². The third kappa shape index (κ3) is 4.08. The van der Waals surface area contributed by atoms with E-state index >= 15 is 0 Å². The van der Waals surface area contributed by atoms with Gasteiger partial charge in [0.25, 0.3) is 0 Å². The largest absolute Gasteiger partial charge is 0.486 e. The molecule has 2 aromatic heterocycles. The zero-order valence-corrected chi connectivity index (χ0v) is 13.5. The van der Waals surface area contributed by atoms with Gasteiger partial charge in [0.05, 0.1) is 5.56 Å². The zero-order chi connectivity index (χ0) is 20.5. The SMILES string of the molecule is N#Cc1n[nH]nc1-c1cc(OCc2ccc(C(F)(F)F)o2)cc(C(F)(F)F)c1. The molecule has 1 N–H and O–H groups in total. The number of rotatable bonds is 4.